The Morgan fingerprint density at radius 1 is 1.36 bits per heavy atom. The predicted molar refractivity (Wildman–Crippen MR) is 50.7 cm³/mol. The van der Waals surface area contributed by atoms with Gasteiger partial charge in [0.15, 0.2) is 6.29 Å². The molecule has 0 spiro atoms. The molecule has 11 heavy (non-hydrogen) atoms. The van der Waals surface area contributed by atoms with E-state index in [4.69, 9.17) is 9.47 Å². The maximum absolute atomic E-state index is 5.15. The highest BCUT2D eigenvalue weighted by molar-refractivity contribution is 6.11. The molecule has 0 heterocycles. The number of rotatable bonds is 6. The van der Waals surface area contributed by atoms with Crippen LogP contribution in [-0.2, 0) is 9.47 Å². The Labute approximate surface area is 72.7 Å². The monoisotopic (exact) mass is 175 g/mol. The first kappa shape index (κ1) is 11.1. The number of hydrogen-bond acceptors (Lipinski definition) is 2. The van der Waals surface area contributed by atoms with Crippen LogP contribution in [0.15, 0.2) is 0 Å². The Kier molecular flexibility index (Phi) is 6.91. The highest BCUT2D eigenvalue weighted by atomic mass is 28.1. The summed E-state index contributed by atoms with van der Waals surface area (Å²) in [4.78, 5) is 0. The smallest absolute Gasteiger partial charge is 0.156 e. The van der Waals surface area contributed by atoms with Crippen LogP contribution in [0.3, 0.4) is 0 Å². The Bertz CT molecular complexity index is 84.2. The molecule has 0 aliphatic carbocycles. The third-order valence-electron chi connectivity index (χ3n) is 1.84. The minimum atomic E-state index is 0.00761. The fraction of sp³-hybridized carbons (Fsp3) is 0.875. The van der Waals surface area contributed by atoms with Crippen LogP contribution in [0.2, 0.25) is 5.54 Å². The van der Waals surface area contributed by atoms with E-state index < -0.39 is 0 Å². The first-order valence-corrected chi connectivity index (χ1v) is 5.26. The van der Waals surface area contributed by atoms with E-state index in [1.807, 2.05) is 0 Å². The van der Waals surface area contributed by atoms with E-state index in [0.29, 0.717) is 5.54 Å². The first-order valence-electron chi connectivity index (χ1n) is 4.11. The molecule has 0 aromatic carbocycles. The summed E-state index contributed by atoms with van der Waals surface area (Å²) >= 11 is 0. The van der Waals surface area contributed by atoms with Gasteiger partial charge in [0.25, 0.3) is 0 Å². The summed E-state index contributed by atoms with van der Waals surface area (Å²) in [7, 11) is 4.52. The minimum Gasteiger partial charge on any atom is -0.356 e. The molecule has 0 saturated heterocycles. The topological polar surface area (TPSA) is 18.5 Å². The lowest BCUT2D eigenvalue weighted by Crippen LogP contribution is -2.20. The second-order valence-electron chi connectivity index (χ2n) is 2.81. The molecule has 0 aromatic heterocycles. The highest BCUT2D eigenvalue weighted by Gasteiger charge is 2.14. The molecule has 67 valence electrons. The van der Waals surface area contributed by atoms with Gasteiger partial charge in [0, 0.05) is 24.5 Å². The Morgan fingerprint density at radius 2 is 1.91 bits per heavy atom. The normalized spacial score (nSPS) is 14.2. The molecule has 0 amide bonds. The fourth-order valence-corrected chi connectivity index (χ4v) is 2.12. The van der Waals surface area contributed by atoms with E-state index in [9.17, 15) is 0 Å². The lowest BCUT2D eigenvalue weighted by Gasteiger charge is -2.20. The Morgan fingerprint density at radius 3 is 2.27 bits per heavy atom. The van der Waals surface area contributed by atoms with Crippen molar-refractivity contribution in [1.82, 2.24) is 0 Å². The Balaban J connectivity index is 3.51. The zero-order valence-corrected chi connectivity index (χ0v) is 9.80. The zero-order valence-electron chi connectivity index (χ0n) is 7.80. The van der Waals surface area contributed by atoms with E-state index in [1.165, 1.54) is 12.8 Å². The van der Waals surface area contributed by atoms with Crippen molar-refractivity contribution >= 4 is 10.2 Å². The van der Waals surface area contributed by atoms with Crippen LogP contribution in [0.1, 0.15) is 19.3 Å². The van der Waals surface area contributed by atoms with Crippen LogP contribution in [0, 0.1) is 6.92 Å². The second-order valence-corrected chi connectivity index (χ2v) is 4.30. The maximum Gasteiger partial charge on any atom is 0.156 e. The molecule has 3 heteroatoms. The van der Waals surface area contributed by atoms with Gasteiger partial charge in [0.2, 0.25) is 0 Å². The van der Waals surface area contributed by atoms with Gasteiger partial charge in [-0.1, -0.05) is 19.8 Å². The highest BCUT2D eigenvalue weighted by Crippen LogP contribution is 2.17. The van der Waals surface area contributed by atoms with Crippen molar-refractivity contribution in [2.24, 2.45) is 0 Å². The summed E-state index contributed by atoms with van der Waals surface area (Å²) in [5.41, 5.74) is 0.603. The molecule has 0 aliphatic rings. The number of ether oxygens (including phenoxy) is 2. The van der Waals surface area contributed by atoms with Crippen molar-refractivity contribution < 1.29 is 9.47 Å². The number of methoxy groups -OCH3 is 2. The lowest BCUT2D eigenvalue weighted by molar-refractivity contribution is -0.106. The summed E-state index contributed by atoms with van der Waals surface area (Å²) in [6, 6.07) is 0. The van der Waals surface area contributed by atoms with E-state index in [-0.39, 0.29) is 6.29 Å². The lowest BCUT2D eigenvalue weighted by atomic mass is 10.2. The maximum atomic E-state index is 5.15. The van der Waals surface area contributed by atoms with Gasteiger partial charge in [-0.2, -0.15) is 0 Å². The van der Waals surface area contributed by atoms with Crippen molar-refractivity contribution in [3.05, 3.63) is 6.92 Å². The van der Waals surface area contributed by atoms with Gasteiger partial charge in [-0.05, 0) is 12.0 Å². The quantitative estimate of drug-likeness (QED) is 0.438. The SMILES string of the molecule is [CH2]CCCC([SiH3])C(OC)OC. The van der Waals surface area contributed by atoms with Gasteiger partial charge >= 0.3 is 0 Å². The number of unbranched alkanes of at least 4 members (excludes halogenated alkanes) is 1. The summed E-state index contributed by atoms with van der Waals surface area (Å²) in [5.74, 6) is 0. The van der Waals surface area contributed by atoms with Crippen molar-refractivity contribution in [3.8, 4) is 0 Å². The van der Waals surface area contributed by atoms with E-state index in [2.05, 4.69) is 6.92 Å². The van der Waals surface area contributed by atoms with Crippen LogP contribution >= 0.6 is 0 Å². The molecule has 0 fully saturated rings. The molecule has 0 N–H and O–H groups in total. The minimum absolute atomic E-state index is 0.00761. The van der Waals surface area contributed by atoms with Crippen LogP contribution in [0.25, 0.3) is 0 Å². The second kappa shape index (κ2) is 6.82. The summed E-state index contributed by atoms with van der Waals surface area (Å²) in [6.07, 6.45) is 3.38. The van der Waals surface area contributed by atoms with E-state index in [0.717, 1.165) is 16.7 Å². The fourth-order valence-electron chi connectivity index (χ4n) is 1.16. The molecule has 0 saturated carbocycles. The van der Waals surface area contributed by atoms with Gasteiger partial charge in [0.05, 0.1) is 0 Å². The molecular formula is C8H19O2Si. The van der Waals surface area contributed by atoms with Gasteiger partial charge in [-0.3, -0.25) is 0 Å². The third-order valence-corrected chi connectivity index (χ3v) is 2.96. The Hall–Kier alpha value is 0.137. The molecule has 1 unspecified atom stereocenters. The van der Waals surface area contributed by atoms with Gasteiger partial charge in [-0.25, -0.2) is 0 Å². The molecule has 0 rings (SSSR count). The average molecular weight is 175 g/mol. The molecule has 0 aliphatic heterocycles. The van der Waals surface area contributed by atoms with Crippen LogP contribution < -0.4 is 0 Å². The molecule has 0 aromatic rings. The zero-order chi connectivity index (χ0) is 8.69. The van der Waals surface area contributed by atoms with Crippen LogP contribution in [0.5, 0.6) is 0 Å². The summed E-state index contributed by atoms with van der Waals surface area (Å²) < 4.78 is 10.3. The predicted octanol–water partition coefficient (Wildman–Crippen LogP) is 0.764. The number of hydrogen-bond donors (Lipinski definition) is 0. The van der Waals surface area contributed by atoms with Crippen LogP contribution in [0.4, 0.5) is 0 Å². The van der Waals surface area contributed by atoms with Gasteiger partial charge < -0.3 is 9.47 Å². The van der Waals surface area contributed by atoms with E-state index in [1.54, 1.807) is 14.2 Å². The molecule has 1 atom stereocenters. The van der Waals surface area contributed by atoms with Crippen molar-refractivity contribution in [2.75, 3.05) is 14.2 Å². The van der Waals surface area contributed by atoms with Crippen molar-refractivity contribution in [1.29, 1.82) is 0 Å². The van der Waals surface area contributed by atoms with Crippen molar-refractivity contribution in [2.45, 2.75) is 31.1 Å². The average Bonchev–Trinajstić information content (AvgIpc) is 2.03. The molecule has 1 radical (unpaired) electrons. The largest absolute Gasteiger partial charge is 0.356 e. The van der Waals surface area contributed by atoms with Gasteiger partial charge in [0.1, 0.15) is 0 Å². The van der Waals surface area contributed by atoms with Gasteiger partial charge in [-0.15, -0.1) is 0 Å². The summed E-state index contributed by atoms with van der Waals surface area (Å²) in [6.45, 7) is 3.80. The standard InChI is InChI=1S/C8H19O2Si/c1-4-5-6-7(11)8(9-2)10-3/h7-8H,1,4-6H2,2-3,11H3. The third kappa shape index (κ3) is 4.56. The first-order chi connectivity index (χ1) is 5.26. The van der Waals surface area contributed by atoms with E-state index >= 15 is 0 Å². The molecule has 0 bridgehead atoms. The molecular weight excluding hydrogens is 156 g/mol. The van der Waals surface area contributed by atoms with Crippen molar-refractivity contribution in [3.63, 3.8) is 0 Å². The molecule has 2 nitrogen and oxygen atoms in total. The van der Waals surface area contributed by atoms with Crippen LogP contribution in [-0.4, -0.2) is 30.8 Å². The summed E-state index contributed by atoms with van der Waals surface area (Å²) in [5, 5.41) is 0.